The molecule has 0 saturated heterocycles. The highest BCUT2D eigenvalue weighted by Crippen LogP contribution is 2.31. The van der Waals surface area contributed by atoms with Crippen LogP contribution >= 0.6 is 0 Å². The van der Waals surface area contributed by atoms with Crippen molar-refractivity contribution in [2.24, 2.45) is 0 Å². The number of carboxylic acid groups (broad SMARTS) is 1. The van der Waals surface area contributed by atoms with E-state index in [1.54, 1.807) is 25.1 Å². The smallest absolute Gasteiger partial charge is 0.435 e. The molecule has 1 atom stereocenters. The van der Waals surface area contributed by atoms with Crippen molar-refractivity contribution in [3.8, 4) is 11.4 Å². The van der Waals surface area contributed by atoms with E-state index >= 15 is 0 Å². The summed E-state index contributed by atoms with van der Waals surface area (Å²) in [7, 11) is 0. The van der Waals surface area contributed by atoms with E-state index in [2.05, 4.69) is 15.7 Å². The summed E-state index contributed by atoms with van der Waals surface area (Å²) < 4.78 is 46.6. The van der Waals surface area contributed by atoms with Crippen LogP contribution in [0.5, 0.6) is 5.75 Å². The first kappa shape index (κ1) is 25.3. The number of nitrogens with zero attached hydrogens (tertiary/aromatic N) is 2. The Balaban J connectivity index is 1.73. The number of aliphatic carboxylic acids is 1. The zero-order chi connectivity index (χ0) is 25.6. The number of nitrogens with one attached hydrogen (secondary N) is 2. The van der Waals surface area contributed by atoms with Crippen molar-refractivity contribution in [3.05, 3.63) is 77.6 Å². The molecule has 1 heterocycles. The van der Waals surface area contributed by atoms with Gasteiger partial charge in [0, 0.05) is 18.3 Å². The van der Waals surface area contributed by atoms with Crippen LogP contribution in [0, 0.1) is 0 Å². The van der Waals surface area contributed by atoms with Gasteiger partial charge in [0.2, 0.25) is 0 Å². The van der Waals surface area contributed by atoms with Gasteiger partial charge in [0.05, 0.1) is 17.9 Å². The fourth-order valence-electron chi connectivity index (χ4n) is 3.06. The maximum atomic E-state index is 13.5. The summed E-state index contributed by atoms with van der Waals surface area (Å²) in [5.41, 5.74) is -1.79. The highest BCUT2D eigenvalue weighted by atomic mass is 19.4. The Kier molecular flexibility index (Phi) is 7.74. The zero-order valence-corrected chi connectivity index (χ0v) is 18.4. The van der Waals surface area contributed by atoms with Gasteiger partial charge in [0.1, 0.15) is 11.8 Å². The van der Waals surface area contributed by atoms with E-state index in [9.17, 15) is 32.7 Å². The predicted molar refractivity (Wildman–Crippen MR) is 117 cm³/mol. The molecule has 3 N–H and O–H groups in total. The van der Waals surface area contributed by atoms with Gasteiger partial charge < -0.3 is 20.5 Å². The molecule has 184 valence electrons. The molecule has 1 unspecified atom stereocenters. The molecule has 2 aromatic carbocycles. The Morgan fingerprint density at radius 2 is 1.71 bits per heavy atom. The van der Waals surface area contributed by atoms with Crippen LogP contribution in [0.3, 0.4) is 0 Å². The van der Waals surface area contributed by atoms with Gasteiger partial charge in [0.25, 0.3) is 11.8 Å². The van der Waals surface area contributed by atoms with Crippen molar-refractivity contribution >= 4 is 17.8 Å². The minimum atomic E-state index is -4.93. The summed E-state index contributed by atoms with van der Waals surface area (Å²) in [5.74, 6) is -2.91. The van der Waals surface area contributed by atoms with Crippen LogP contribution in [0.25, 0.3) is 5.69 Å². The van der Waals surface area contributed by atoms with E-state index in [4.69, 9.17) is 4.74 Å². The van der Waals surface area contributed by atoms with Crippen molar-refractivity contribution in [2.45, 2.75) is 19.1 Å². The average Bonchev–Trinajstić information content (AvgIpc) is 3.29. The number of benzene rings is 2. The van der Waals surface area contributed by atoms with Crippen molar-refractivity contribution in [2.75, 3.05) is 13.2 Å². The quantitative estimate of drug-likeness (QED) is 0.424. The number of para-hydroxylation sites is 1. The third kappa shape index (κ3) is 6.37. The summed E-state index contributed by atoms with van der Waals surface area (Å²) in [6, 6.07) is 12.2. The third-order valence-corrected chi connectivity index (χ3v) is 4.75. The van der Waals surface area contributed by atoms with Crippen LogP contribution in [-0.4, -0.2) is 51.9 Å². The van der Waals surface area contributed by atoms with Gasteiger partial charge in [-0.15, -0.1) is 0 Å². The van der Waals surface area contributed by atoms with Crippen LogP contribution in [0.1, 0.15) is 33.3 Å². The minimum absolute atomic E-state index is 0.134. The van der Waals surface area contributed by atoms with Crippen molar-refractivity contribution in [1.29, 1.82) is 0 Å². The molecule has 0 bridgehead atoms. The highest BCUT2D eigenvalue weighted by molar-refractivity contribution is 5.98. The second-order valence-corrected chi connectivity index (χ2v) is 7.20. The van der Waals surface area contributed by atoms with Gasteiger partial charge in [-0.05, 0) is 43.3 Å². The Morgan fingerprint density at radius 3 is 2.29 bits per heavy atom. The number of alkyl halides is 3. The first-order valence-electron chi connectivity index (χ1n) is 10.4. The molecule has 0 saturated carbocycles. The Hall–Kier alpha value is -4.35. The number of hydrogen-bond donors (Lipinski definition) is 3. The van der Waals surface area contributed by atoms with Gasteiger partial charge >= 0.3 is 12.1 Å². The molecule has 2 amide bonds. The van der Waals surface area contributed by atoms with Crippen LogP contribution in [0.15, 0.2) is 60.8 Å². The van der Waals surface area contributed by atoms with Crippen LogP contribution < -0.4 is 15.4 Å². The molecular weight excluding hydrogens is 469 g/mol. The molecule has 9 nitrogen and oxygen atoms in total. The van der Waals surface area contributed by atoms with Crippen molar-refractivity contribution in [3.63, 3.8) is 0 Å². The topological polar surface area (TPSA) is 123 Å². The SMILES string of the molecule is CCOc1ccc(C(=O)NC(CNC(=O)c2cn(-c3ccccc3)nc2C(F)(F)F)C(=O)O)cc1. The molecule has 0 aliphatic rings. The number of carboxylic acids is 1. The lowest BCUT2D eigenvalue weighted by molar-refractivity contribution is -0.142. The van der Waals surface area contributed by atoms with E-state index < -0.39 is 47.8 Å². The first-order chi connectivity index (χ1) is 16.6. The Morgan fingerprint density at radius 1 is 1.06 bits per heavy atom. The Labute approximate surface area is 197 Å². The number of amides is 2. The van der Waals surface area contributed by atoms with Crippen molar-refractivity contribution < 1.29 is 37.4 Å². The maximum absolute atomic E-state index is 13.5. The summed E-state index contributed by atoms with van der Waals surface area (Å²) in [5, 5.41) is 17.3. The molecule has 0 aliphatic heterocycles. The van der Waals surface area contributed by atoms with E-state index in [0.29, 0.717) is 18.0 Å². The predicted octanol–water partition coefficient (Wildman–Crippen LogP) is 2.90. The molecule has 3 rings (SSSR count). The molecule has 35 heavy (non-hydrogen) atoms. The van der Waals surface area contributed by atoms with Crippen molar-refractivity contribution in [1.82, 2.24) is 20.4 Å². The zero-order valence-electron chi connectivity index (χ0n) is 18.4. The van der Waals surface area contributed by atoms with E-state index in [1.807, 2.05) is 0 Å². The third-order valence-electron chi connectivity index (χ3n) is 4.75. The number of aromatic nitrogens is 2. The lowest BCUT2D eigenvalue weighted by atomic mass is 10.1. The molecule has 3 aromatic rings. The number of ether oxygens (including phenoxy) is 1. The van der Waals surface area contributed by atoms with Gasteiger partial charge in [-0.2, -0.15) is 18.3 Å². The molecule has 0 fully saturated rings. The molecule has 0 spiro atoms. The minimum Gasteiger partial charge on any atom is -0.494 e. The molecule has 0 radical (unpaired) electrons. The number of carbonyl (C=O) groups excluding carboxylic acids is 2. The summed E-state index contributed by atoms with van der Waals surface area (Å²) in [6.07, 6.45) is -4.03. The fraction of sp³-hybridized carbons (Fsp3) is 0.217. The van der Waals surface area contributed by atoms with Crippen LogP contribution in [0.4, 0.5) is 13.2 Å². The number of rotatable bonds is 9. The number of halogens is 3. The second-order valence-electron chi connectivity index (χ2n) is 7.20. The first-order valence-corrected chi connectivity index (χ1v) is 10.4. The summed E-state index contributed by atoms with van der Waals surface area (Å²) >= 11 is 0. The fourth-order valence-corrected chi connectivity index (χ4v) is 3.06. The lowest BCUT2D eigenvalue weighted by Gasteiger charge is -2.16. The monoisotopic (exact) mass is 490 g/mol. The summed E-state index contributed by atoms with van der Waals surface area (Å²) in [4.78, 5) is 36.5. The molecule has 0 aliphatic carbocycles. The van der Waals surface area contributed by atoms with E-state index in [1.165, 1.54) is 36.4 Å². The highest BCUT2D eigenvalue weighted by Gasteiger charge is 2.39. The molecular formula is C23H21F3N4O5. The number of hydrogen-bond acceptors (Lipinski definition) is 5. The molecule has 12 heteroatoms. The van der Waals surface area contributed by atoms with E-state index in [-0.39, 0.29) is 5.56 Å². The van der Waals surface area contributed by atoms with Gasteiger partial charge in [-0.3, -0.25) is 9.59 Å². The largest absolute Gasteiger partial charge is 0.494 e. The maximum Gasteiger partial charge on any atom is 0.435 e. The standard InChI is InChI=1S/C23H21F3N4O5/c1-2-35-16-10-8-14(9-11-16)20(31)28-18(22(33)34)12-27-21(32)17-13-30(15-6-4-3-5-7-15)29-19(17)23(24,25)26/h3-11,13,18H,2,12H2,1H3,(H,27,32)(H,28,31)(H,33,34). The second kappa shape index (κ2) is 10.7. The van der Waals surface area contributed by atoms with E-state index in [0.717, 1.165) is 10.9 Å². The summed E-state index contributed by atoms with van der Waals surface area (Å²) in [6.45, 7) is 1.55. The van der Waals surface area contributed by atoms with Crippen LogP contribution in [0.2, 0.25) is 0 Å². The number of carbonyl (C=O) groups is 3. The average molecular weight is 490 g/mol. The lowest BCUT2D eigenvalue weighted by Crippen LogP contribution is -2.48. The van der Waals surface area contributed by atoms with Gasteiger partial charge in [0.15, 0.2) is 5.69 Å². The normalized spacial score (nSPS) is 12.0. The molecule has 1 aromatic heterocycles. The van der Waals surface area contributed by atoms with Gasteiger partial charge in [-0.25, -0.2) is 9.48 Å². The van der Waals surface area contributed by atoms with Crippen LogP contribution in [-0.2, 0) is 11.0 Å². The van der Waals surface area contributed by atoms with Gasteiger partial charge in [-0.1, -0.05) is 18.2 Å². The Bertz CT molecular complexity index is 1190.